The Labute approximate surface area is 112 Å². The van der Waals surface area contributed by atoms with Crippen LogP contribution in [0.3, 0.4) is 0 Å². The zero-order chi connectivity index (χ0) is 14.0. The molecule has 0 N–H and O–H groups in total. The van der Waals surface area contributed by atoms with Crippen LogP contribution in [-0.4, -0.2) is 43.9 Å². The second-order valence-electron chi connectivity index (χ2n) is 4.81. The topological polar surface area (TPSA) is 51.7 Å². The zero-order valence-electron chi connectivity index (χ0n) is 11.5. The number of carbonyl (C=O) groups excluding carboxylic acids is 1. The first-order chi connectivity index (χ1) is 9.03. The molecule has 2 heterocycles. The number of carbonyl (C=O) groups is 1. The number of esters is 1. The van der Waals surface area contributed by atoms with E-state index in [1.54, 1.807) is 13.2 Å². The van der Waals surface area contributed by atoms with Gasteiger partial charge in [0, 0.05) is 25.8 Å². The highest BCUT2D eigenvalue weighted by molar-refractivity contribution is 5.91. The van der Waals surface area contributed by atoms with Crippen molar-refractivity contribution in [2.75, 3.05) is 32.2 Å². The van der Waals surface area contributed by atoms with Crippen molar-refractivity contribution in [2.45, 2.75) is 12.5 Å². The molecule has 0 atom stereocenters. The highest BCUT2D eigenvalue weighted by atomic mass is 16.5. The van der Waals surface area contributed by atoms with E-state index in [4.69, 9.17) is 9.47 Å². The van der Waals surface area contributed by atoms with Gasteiger partial charge in [-0.2, -0.15) is 0 Å². The summed E-state index contributed by atoms with van der Waals surface area (Å²) < 4.78 is 10.1. The molecule has 5 heteroatoms. The molecule has 102 valence electrons. The van der Waals surface area contributed by atoms with Gasteiger partial charge in [-0.15, -0.1) is 0 Å². The van der Waals surface area contributed by atoms with E-state index in [2.05, 4.69) is 16.5 Å². The molecule has 1 aromatic rings. The van der Waals surface area contributed by atoms with Crippen molar-refractivity contribution in [3.05, 3.63) is 30.0 Å². The van der Waals surface area contributed by atoms with E-state index in [1.807, 2.05) is 19.1 Å². The quantitative estimate of drug-likeness (QED) is 0.774. The van der Waals surface area contributed by atoms with Crippen LogP contribution in [0.2, 0.25) is 0 Å². The molecule has 5 nitrogen and oxygen atoms in total. The fourth-order valence-electron chi connectivity index (χ4n) is 2.11. The number of anilines is 1. The van der Waals surface area contributed by atoms with Crippen LogP contribution in [0.4, 0.5) is 5.82 Å². The third-order valence-corrected chi connectivity index (χ3v) is 3.38. The first-order valence-corrected chi connectivity index (χ1v) is 6.05. The Kier molecular flexibility index (Phi) is 3.57. The minimum absolute atomic E-state index is 0.135. The van der Waals surface area contributed by atoms with Crippen molar-refractivity contribution in [3.63, 3.8) is 0 Å². The Morgan fingerprint density at radius 3 is 2.68 bits per heavy atom. The van der Waals surface area contributed by atoms with E-state index in [9.17, 15) is 4.79 Å². The zero-order valence-corrected chi connectivity index (χ0v) is 11.5. The Hall–Kier alpha value is -1.88. The molecular formula is C14H18N2O3. The lowest BCUT2D eigenvalue weighted by atomic mass is 9.96. The summed E-state index contributed by atoms with van der Waals surface area (Å²) in [7, 11) is 3.04. The van der Waals surface area contributed by atoms with Crippen LogP contribution < -0.4 is 4.90 Å². The highest BCUT2D eigenvalue weighted by Crippen LogP contribution is 2.29. The molecule has 1 aliphatic rings. The van der Waals surface area contributed by atoms with Crippen molar-refractivity contribution in [1.82, 2.24) is 4.98 Å². The molecule has 1 aliphatic heterocycles. The number of nitrogens with zero attached hydrogens (tertiary/aromatic N) is 2. The van der Waals surface area contributed by atoms with Crippen molar-refractivity contribution < 1.29 is 14.3 Å². The van der Waals surface area contributed by atoms with Gasteiger partial charge in [-0.25, -0.2) is 9.78 Å². The Bertz CT molecular complexity index is 507. The van der Waals surface area contributed by atoms with Gasteiger partial charge in [0.1, 0.15) is 5.82 Å². The summed E-state index contributed by atoms with van der Waals surface area (Å²) in [5.41, 5.74) is 0.830. The van der Waals surface area contributed by atoms with E-state index in [0.29, 0.717) is 11.3 Å². The molecule has 0 amide bonds. The van der Waals surface area contributed by atoms with Gasteiger partial charge in [0.2, 0.25) is 0 Å². The standard InChI is InChI=1S/C14H18N2O3/c1-5-10-6-7-11(15-12(10)13(17)18-3)16-8-14(2,9-16)19-4/h5-7H,1,8-9H2,2-4H3. The summed E-state index contributed by atoms with van der Waals surface area (Å²) in [5, 5.41) is 0. The van der Waals surface area contributed by atoms with Crippen LogP contribution in [0.15, 0.2) is 18.7 Å². The maximum atomic E-state index is 11.7. The van der Waals surface area contributed by atoms with Crippen LogP contribution in [0.25, 0.3) is 6.08 Å². The van der Waals surface area contributed by atoms with E-state index < -0.39 is 5.97 Å². The molecule has 1 fully saturated rings. The lowest BCUT2D eigenvalue weighted by Crippen LogP contribution is -2.61. The number of aromatic nitrogens is 1. The van der Waals surface area contributed by atoms with Gasteiger partial charge in [0.05, 0.1) is 12.7 Å². The van der Waals surface area contributed by atoms with E-state index in [0.717, 1.165) is 18.9 Å². The minimum atomic E-state index is -0.452. The number of hydrogen-bond donors (Lipinski definition) is 0. The molecule has 2 rings (SSSR count). The summed E-state index contributed by atoms with van der Waals surface area (Å²) in [5.74, 6) is 0.298. The van der Waals surface area contributed by atoms with Gasteiger partial charge >= 0.3 is 5.97 Å². The van der Waals surface area contributed by atoms with Crippen LogP contribution >= 0.6 is 0 Å². The lowest BCUT2D eigenvalue weighted by molar-refractivity contribution is -0.0171. The molecule has 0 aliphatic carbocycles. The fourth-order valence-corrected chi connectivity index (χ4v) is 2.11. The van der Waals surface area contributed by atoms with Crippen LogP contribution in [0.5, 0.6) is 0 Å². The minimum Gasteiger partial charge on any atom is -0.464 e. The van der Waals surface area contributed by atoms with Crippen molar-refractivity contribution in [3.8, 4) is 0 Å². The van der Waals surface area contributed by atoms with Gasteiger partial charge in [0.15, 0.2) is 5.69 Å². The number of rotatable bonds is 4. The Morgan fingerprint density at radius 2 is 2.16 bits per heavy atom. The molecule has 0 bridgehead atoms. The summed E-state index contributed by atoms with van der Waals surface area (Å²) >= 11 is 0. The average Bonchev–Trinajstić information content (AvgIpc) is 2.42. The second-order valence-corrected chi connectivity index (χ2v) is 4.81. The number of hydrogen-bond acceptors (Lipinski definition) is 5. The molecule has 1 aromatic heterocycles. The predicted octanol–water partition coefficient (Wildman–Crippen LogP) is 1.74. The van der Waals surface area contributed by atoms with Gasteiger partial charge in [-0.05, 0) is 19.1 Å². The van der Waals surface area contributed by atoms with Gasteiger partial charge in [0.25, 0.3) is 0 Å². The fraction of sp³-hybridized carbons (Fsp3) is 0.429. The lowest BCUT2D eigenvalue weighted by Gasteiger charge is -2.47. The summed E-state index contributed by atoms with van der Waals surface area (Å²) in [4.78, 5) is 18.1. The summed E-state index contributed by atoms with van der Waals surface area (Å²) in [6.07, 6.45) is 1.60. The molecule has 0 saturated carbocycles. The number of pyridine rings is 1. The molecule has 1 saturated heterocycles. The third-order valence-electron chi connectivity index (χ3n) is 3.38. The third kappa shape index (κ3) is 2.46. The molecule has 19 heavy (non-hydrogen) atoms. The Balaban J connectivity index is 2.25. The predicted molar refractivity (Wildman–Crippen MR) is 73.3 cm³/mol. The Morgan fingerprint density at radius 1 is 1.47 bits per heavy atom. The normalized spacial score (nSPS) is 16.7. The molecular weight excluding hydrogens is 244 g/mol. The van der Waals surface area contributed by atoms with Gasteiger partial charge < -0.3 is 14.4 Å². The first-order valence-electron chi connectivity index (χ1n) is 6.05. The number of ether oxygens (including phenoxy) is 2. The molecule has 0 radical (unpaired) electrons. The van der Waals surface area contributed by atoms with Gasteiger partial charge in [-0.3, -0.25) is 0 Å². The number of methoxy groups -OCH3 is 2. The smallest absolute Gasteiger partial charge is 0.357 e. The average molecular weight is 262 g/mol. The molecule has 0 spiro atoms. The second kappa shape index (κ2) is 5.01. The van der Waals surface area contributed by atoms with E-state index in [1.165, 1.54) is 7.11 Å². The summed E-state index contributed by atoms with van der Waals surface area (Å²) in [6, 6.07) is 3.70. The maximum Gasteiger partial charge on any atom is 0.357 e. The van der Waals surface area contributed by atoms with Crippen LogP contribution in [0, 0.1) is 0 Å². The van der Waals surface area contributed by atoms with Crippen molar-refractivity contribution in [1.29, 1.82) is 0 Å². The van der Waals surface area contributed by atoms with Crippen molar-refractivity contribution in [2.24, 2.45) is 0 Å². The molecule has 0 aromatic carbocycles. The van der Waals surface area contributed by atoms with Crippen LogP contribution in [0.1, 0.15) is 23.0 Å². The SMILES string of the molecule is C=Cc1ccc(N2CC(C)(OC)C2)nc1C(=O)OC. The van der Waals surface area contributed by atoms with Gasteiger partial charge in [-0.1, -0.05) is 12.7 Å². The monoisotopic (exact) mass is 262 g/mol. The van der Waals surface area contributed by atoms with Crippen LogP contribution in [-0.2, 0) is 9.47 Å². The molecule has 0 unspecified atom stereocenters. The first kappa shape index (κ1) is 13.5. The van der Waals surface area contributed by atoms with E-state index >= 15 is 0 Å². The van der Waals surface area contributed by atoms with E-state index in [-0.39, 0.29) is 5.60 Å². The maximum absolute atomic E-state index is 11.7. The summed E-state index contributed by atoms with van der Waals surface area (Å²) in [6.45, 7) is 7.23. The van der Waals surface area contributed by atoms with Crippen molar-refractivity contribution >= 4 is 17.9 Å². The largest absolute Gasteiger partial charge is 0.464 e. The highest BCUT2D eigenvalue weighted by Gasteiger charge is 2.39.